The molecule has 1 aliphatic heterocycles. The summed E-state index contributed by atoms with van der Waals surface area (Å²) in [5.41, 5.74) is 0. The Morgan fingerprint density at radius 2 is 2.04 bits per heavy atom. The quantitative estimate of drug-likeness (QED) is 0.826. The maximum Gasteiger partial charge on any atom is 0.323 e. The van der Waals surface area contributed by atoms with Gasteiger partial charge in [-0.2, -0.15) is 0 Å². The second kappa shape index (κ2) is 8.55. The molecule has 1 amide bonds. The third-order valence-corrected chi connectivity index (χ3v) is 4.30. The molecule has 2 rings (SSSR count). The minimum absolute atomic E-state index is 0.172. The highest BCUT2D eigenvalue weighted by Gasteiger charge is 2.31. The molecular weight excluding hydrogens is 357 g/mol. The Morgan fingerprint density at radius 1 is 1.38 bits per heavy atom. The minimum atomic E-state index is -1.06. The molecule has 1 atom stereocenters. The van der Waals surface area contributed by atoms with Crippen molar-refractivity contribution in [3.8, 4) is 5.75 Å². The number of aliphatic carboxylic acids is 1. The van der Waals surface area contributed by atoms with E-state index in [1.165, 1.54) is 11.0 Å². The van der Waals surface area contributed by atoms with Crippen molar-refractivity contribution in [2.24, 2.45) is 0 Å². The number of carboxylic acid groups (broad SMARTS) is 1. The number of rotatable bonds is 6. The van der Waals surface area contributed by atoms with E-state index < -0.39 is 18.0 Å². The van der Waals surface area contributed by atoms with Gasteiger partial charge in [0.2, 0.25) is 0 Å². The number of halogens is 2. The van der Waals surface area contributed by atoms with E-state index in [0.717, 1.165) is 0 Å². The molecule has 1 aromatic rings. The maximum atomic E-state index is 12.7. The lowest BCUT2D eigenvalue weighted by Gasteiger charge is -2.34. The second-order valence-electron chi connectivity index (χ2n) is 5.54. The standard InChI is InChI=1S/C16H19Cl2NO5/c1-10(24-14-3-2-11(17)8-13(14)18)16(22)19(9-15(20)21)12-4-6-23-7-5-12/h2-3,8,10,12H,4-7,9H2,1H3,(H,20,21). The second-order valence-corrected chi connectivity index (χ2v) is 6.38. The lowest BCUT2D eigenvalue weighted by molar-refractivity contribution is -0.151. The van der Waals surface area contributed by atoms with Crippen LogP contribution in [-0.4, -0.2) is 53.8 Å². The lowest BCUT2D eigenvalue weighted by Crippen LogP contribution is -2.50. The Kier molecular flexibility index (Phi) is 6.71. The molecule has 0 aliphatic carbocycles. The Labute approximate surface area is 150 Å². The maximum absolute atomic E-state index is 12.7. The molecule has 0 radical (unpaired) electrons. The Morgan fingerprint density at radius 3 is 2.62 bits per heavy atom. The van der Waals surface area contributed by atoms with Crippen LogP contribution >= 0.6 is 23.2 Å². The zero-order valence-corrected chi connectivity index (χ0v) is 14.7. The third kappa shape index (κ3) is 5.00. The molecule has 24 heavy (non-hydrogen) atoms. The Hall–Kier alpha value is -1.50. The number of hydrogen-bond acceptors (Lipinski definition) is 4. The van der Waals surface area contributed by atoms with Gasteiger partial charge in [-0.15, -0.1) is 0 Å². The number of carboxylic acids is 1. The zero-order chi connectivity index (χ0) is 17.7. The lowest BCUT2D eigenvalue weighted by atomic mass is 10.1. The van der Waals surface area contributed by atoms with Crippen LogP contribution in [0.25, 0.3) is 0 Å². The van der Waals surface area contributed by atoms with Crippen LogP contribution in [0.4, 0.5) is 0 Å². The van der Waals surface area contributed by atoms with Gasteiger partial charge in [0.25, 0.3) is 5.91 Å². The monoisotopic (exact) mass is 375 g/mol. The number of carbonyl (C=O) groups excluding carboxylic acids is 1. The van der Waals surface area contributed by atoms with Crippen LogP contribution in [0.15, 0.2) is 18.2 Å². The average molecular weight is 376 g/mol. The molecule has 1 aromatic carbocycles. The van der Waals surface area contributed by atoms with E-state index in [-0.39, 0.29) is 17.6 Å². The van der Waals surface area contributed by atoms with Gasteiger partial charge in [-0.1, -0.05) is 23.2 Å². The molecule has 0 aromatic heterocycles. The van der Waals surface area contributed by atoms with Gasteiger partial charge in [-0.3, -0.25) is 9.59 Å². The van der Waals surface area contributed by atoms with Crippen molar-refractivity contribution in [3.63, 3.8) is 0 Å². The predicted molar refractivity (Wildman–Crippen MR) is 89.7 cm³/mol. The first-order valence-corrected chi connectivity index (χ1v) is 8.36. The van der Waals surface area contributed by atoms with E-state index >= 15 is 0 Å². The van der Waals surface area contributed by atoms with Crippen LogP contribution in [-0.2, 0) is 14.3 Å². The first-order chi connectivity index (χ1) is 11.4. The largest absolute Gasteiger partial charge is 0.480 e. The van der Waals surface area contributed by atoms with Gasteiger partial charge in [0, 0.05) is 24.3 Å². The number of ether oxygens (including phenoxy) is 2. The summed E-state index contributed by atoms with van der Waals surface area (Å²) in [6, 6.07) is 4.52. The first kappa shape index (κ1) is 18.8. The van der Waals surface area contributed by atoms with E-state index in [4.69, 9.17) is 37.8 Å². The van der Waals surface area contributed by atoms with Gasteiger partial charge in [0.1, 0.15) is 12.3 Å². The van der Waals surface area contributed by atoms with Gasteiger partial charge in [-0.05, 0) is 38.0 Å². The molecule has 132 valence electrons. The first-order valence-electron chi connectivity index (χ1n) is 7.60. The van der Waals surface area contributed by atoms with Crippen LogP contribution < -0.4 is 4.74 Å². The van der Waals surface area contributed by atoms with Crippen molar-refractivity contribution in [2.45, 2.75) is 31.9 Å². The molecule has 6 nitrogen and oxygen atoms in total. The normalized spacial score (nSPS) is 16.5. The van der Waals surface area contributed by atoms with E-state index in [1.807, 2.05) is 0 Å². The molecule has 0 saturated carbocycles. The Bertz CT molecular complexity index is 604. The van der Waals surface area contributed by atoms with Crippen LogP contribution in [0.2, 0.25) is 10.0 Å². The SMILES string of the molecule is CC(Oc1ccc(Cl)cc1Cl)C(=O)N(CC(=O)O)C1CCOCC1. The fourth-order valence-electron chi connectivity index (χ4n) is 2.57. The van der Waals surface area contributed by atoms with Crippen LogP contribution in [0.5, 0.6) is 5.75 Å². The predicted octanol–water partition coefficient (Wildman–Crippen LogP) is 2.85. The summed E-state index contributed by atoms with van der Waals surface area (Å²) in [6.07, 6.45) is 0.340. The smallest absolute Gasteiger partial charge is 0.323 e. The fourth-order valence-corrected chi connectivity index (χ4v) is 3.03. The molecule has 1 aliphatic rings. The van der Waals surface area contributed by atoms with Gasteiger partial charge in [0.05, 0.1) is 5.02 Å². The highest BCUT2D eigenvalue weighted by Crippen LogP contribution is 2.28. The van der Waals surface area contributed by atoms with Gasteiger partial charge in [-0.25, -0.2) is 0 Å². The van der Waals surface area contributed by atoms with Crippen LogP contribution in [0.1, 0.15) is 19.8 Å². The topological polar surface area (TPSA) is 76.1 Å². The summed E-state index contributed by atoms with van der Waals surface area (Å²) in [7, 11) is 0. The summed E-state index contributed by atoms with van der Waals surface area (Å²) in [4.78, 5) is 25.2. The van der Waals surface area contributed by atoms with Crippen molar-refractivity contribution in [1.82, 2.24) is 4.90 Å². The summed E-state index contributed by atoms with van der Waals surface area (Å²) >= 11 is 11.9. The average Bonchev–Trinajstić information content (AvgIpc) is 2.55. The third-order valence-electron chi connectivity index (χ3n) is 3.77. The van der Waals surface area contributed by atoms with Crippen LogP contribution in [0.3, 0.4) is 0 Å². The van der Waals surface area contributed by atoms with Gasteiger partial charge in [0.15, 0.2) is 6.10 Å². The minimum Gasteiger partial charge on any atom is -0.480 e. The number of carbonyl (C=O) groups is 2. The molecule has 8 heteroatoms. The summed E-state index contributed by atoms with van der Waals surface area (Å²) in [5, 5.41) is 9.86. The molecule has 1 fully saturated rings. The number of amides is 1. The van der Waals surface area contributed by atoms with Gasteiger partial charge >= 0.3 is 5.97 Å². The molecule has 1 saturated heterocycles. The van der Waals surface area contributed by atoms with Crippen molar-refractivity contribution >= 4 is 35.1 Å². The van der Waals surface area contributed by atoms with Crippen molar-refractivity contribution < 1.29 is 24.2 Å². The fraction of sp³-hybridized carbons (Fsp3) is 0.500. The molecule has 1 N–H and O–H groups in total. The highest BCUT2D eigenvalue weighted by molar-refractivity contribution is 6.35. The number of benzene rings is 1. The molecular formula is C16H19Cl2NO5. The van der Waals surface area contributed by atoms with Crippen molar-refractivity contribution in [3.05, 3.63) is 28.2 Å². The molecule has 1 heterocycles. The highest BCUT2D eigenvalue weighted by atomic mass is 35.5. The van der Waals surface area contributed by atoms with E-state index in [1.54, 1.807) is 19.1 Å². The van der Waals surface area contributed by atoms with E-state index in [9.17, 15) is 9.59 Å². The molecule has 1 unspecified atom stereocenters. The Balaban J connectivity index is 2.10. The van der Waals surface area contributed by atoms with Gasteiger partial charge < -0.3 is 19.5 Å². The number of nitrogens with zero attached hydrogens (tertiary/aromatic N) is 1. The summed E-state index contributed by atoms with van der Waals surface area (Å²) in [5.74, 6) is -1.13. The number of hydrogen-bond donors (Lipinski definition) is 1. The van der Waals surface area contributed by atoms with E-state index in [2.05, 4.69) is 0 Å². The zero-order valence-electron chi connectivity index (χ0n) is 13.2. The molecule has 0 bridgehead atoms. The van der Waals surface area contributed by atoms with Crippen molar-refractivity contribution in [2.75, 3.05) is 19.8 Å². The van der Waals surface area contributed by atoms with Crippen LogP contribution in [0, 0.1) is 0 Å². The van der Waals surface area contributed by atoms with E-state index in [0.29, 0.717) is 36.8 Å². The molecule has 0 spiro atoms. The summed E-state index contributed by atoms with van der Waals surface area (Å²) < 4.78 is 10.9. The summed E-state index contributed by atoms with van der Waals surface area (Å²) in [6.45, 7) is 2.21. The van der Waals surface area contributed by atoms with Crippen molar-refractivity contribution in [1.29, 1.82) is 0 Å².